The smallest absolute Gasteiger partial charge is 0.243 e. The summed E-state index contributed by atoms with van der Waals surface area (Å²) >= 11 is 0. The van der Waals surface area contributed by atoms with Crippen LogP contribution in [0, 0.1) is 11.3 Å². The van der Waals surface area contributed by atoms with Gasteiger partial charge in [-0.1, -0.05) is 0 Å². The first kappa shape index (κ1) is 11.2. The van der Waals surface area contributed by atoms with Crippen LogP contribution in [0.15, 0.2) is 24.3 Å². The molecule has 1 unspecified atom stereocenters. The van der Waals surface area contributed by atoms with Crippen LogP contribution >= 0.6 is 0 Å². The number of aliphatic hydroxyl groups excluding tert-OH is 1. The van der Waals surface area contributed by atoms with Gasteiger partial charge in [-0.15, -0.1) is 0 Å². The van der Waals surface area contributed by atoms with Crippen LogP contribution in [0.1, 0.15) is 5.56 Å². The molecule has 0 aliphatic heterocycles. The minimum atomic E-state index is -0.930. The summed E-state index contributed by atoms with van der Waals surface area (Å²) in [6.45, 7) is -0.401. The zero-order valence-electron chi connectivity index (χ0n) is 7.97. The molecule has 4 N–H and O–H groups in total. The number of benzene rings is 1. The van der Waals surface area contributed by atoms with E-state index in [1.165, 1.54) is 0 Å². The zero-order valence-corrected chi connectivity index (χ0v) is 7.97. The first-order valence-electron chi connectivity index (χ1n) is 4.35. The lowest BCUT2D eigenvalue weighted by atomic mass is 10.2. The molecule has 1 rings (SSSR count). The molecule has 1 atom stereocenters. The lowest BCUT2D eigenvalue weighted by molar-refractivity contribution is -0.118. The second-order valence-corrected chi connectivity index (χ2v) is 2.97. The molecular formula is C10H11N3O2. The molecule has 15 heavy (non-hydrogen) atoms. The normalized spacial score (nSPS) is 11.5. The minimum absolute atomic E-state index is 0.401. The van der Waals surface area contributed by atoms with Crippen LogP contribution in [-0.2, 0) is 4.79 Å². The van der Waals surface area contributed by atoms with Crippen molar-refractivity contribution in [3.05, 3.63) is 29.8 Å². The van der Waals surface area contributed by atoms with Gasteiger partial charge in [0.25, 0.3) is 0 Å². The van der Waals surface area contributed by atoms with E-state index in [0.29, 0.717) is 11.3 Å². The fraction of sp³-hybridized carbons (Fsp3) is 0.200. The number of nitrogens with zero attached hydrogens (tertiary/aromatic N) is 1. The van der Waals surface area contributed by atoms with Gasteiger partial charge in [0.2, 0.25) is 5.91 Å². The predicted octanol–water partition coefficient (Wildman–Crippen LogP) is -0.184. The number of carbonyl (C=O) groups excluding carboxylic acids is 1. The highest BCUT2D eigenvalue weighted by molar-refractivity contribution is 5.94. The first-order chi connectivity index (χ1) is 7.17. The fourth-order valence-corrected chi connectivity index (χ4v) is 0.946. The summed E-state index contributed by atoms with van der Waals surface area (Å²) in [6, 6.07) is 7.40. The molecule has 78 valence electrons. The molecule has 0 radical (unpaired) electrons. The Labute approximate surface area is 87.1 Å². The molecule has 1 aromatic rings. The van der Waals surface area contributed by atoms with Crippen molar-refractivity contribution in [1.29, 1.82) is 5.26 Å². The maximum atomic E-state index is 11.2. The van der Waals surface area contributed by atoms with Crippen LogP contribution < -0.4 is 11.1 Å². The third kappa shape index (κ3) is 3.06. The summed E-state index contributed by atoms with van der Waals surface area (Å²) in [5.74, 6) is -0.456. The van der Waals surface area contributed by atoms with E-state index in [4.69, 9.17) is 16.1 Å². The van der Waals surface area contributed by atoms with Crippen molar-refractivity contribution in [3.8, 4) is 6.07 Å². The van der Waals surface area contributed by atoms with E-state index in [0.717, 1.165) is 0 Å². The van der Waals surface area contributed by atoms with Crippen LogP contribution in [0.3, 0.4) is 0 Å². The Bertz CT molecular complexity index is 381. The molecule has 0 aliphatic carbocycles. The number of rotatable bonds is 3. The number of aliphatic hydroxyl groups is 1. The van der Waals surface area contributed by atoms with Crippen LogP contribution in [0.4, 0.5) is 5.69 Å². The van der Waals surface area contributed by atoms with Gasteiger partial charge in [0.1, 0.15) is 6.04 Å². The Morgan fingerprint density at radius 2 is 2.13 bits per heavy atom. The Morgan fingerprint density at radius 1 is 1.53 bits per heavy atom. The van der Waals surface area contributed by atoms with E-state index in [1.807, 2.05) is 6.07 Å². The number of nitrogens with one attached hydrogen (secondary N) is 1. The van der Waals surface area contributed by atoms with Crippen molar-refractivity contribution >= 4 is 11.6 Å². The zero-order chi connectivity index (χ0) is 11.3. The summed E-state index contributed by atoms with van der Waals surface area (Å²) in [4.78, 5) is 11.2. The molecule has 5 heteroatoms. The second-order valence-electron chi connectivity index (χ2n) is 2.97. The topological polar surface area (TPSA) is 99.1 Å². The molecule has 0 spiro atoms. The van der Waals surface area contributed by atoms with Gasteiger partial charge in [0.15, 0.2) is 0 Å². The standard InChI is InChI=1S/C10H11N3O2/c11-5-7-1-3-8(4-2-7)13-10(15)9(12)6-14/h1-4,9,14H,6,12H2,(H,13,15). The molecule has 0 bridgehead atoms. The Hall–Kier alpha value is -1.90. The molecule has 0 fully saturated rings. The number of anilines is 1. The van der Waals surface area contributed by atoms with Crippen LogP contribution in [0.25, 0.3) is 0 Å². The van der Waals surface area contributed by atoms with E-state index < -0.39 is 18.6 Å². The molecule has 0 heterocycles. The average Bonchev–Trinajstić information content (AvgIpc) is 2.29. The number of hydrogen-bond donors (Lipinski definition) is 3. The number of nitriles is 1. The molecule has 0 aromatic heterocycles. The van der Waals surface area contributed by atoms with Crippen molar-refractivity contribution in [2.45, 2.75) is 6.04 Å². The van der Waals surface area contributed by atoms with Gasteiger partial charge < -0.3 is 16.2 Å². The molecule has 1 amide bonds. The molecule has 0 aliphatic rings. The summed E-state index contributed by atoms with van der Waals surface area (Å²) in [6.07, 6.45) is 0. The Kier molecular flexibility index (Phi) is 3.80. The maximum Gasteiger partial charge on any atom is 0.243 e. The van der Waals surface area contributed by atoms with Crippen molar-refractivity contribution in [2.24, 2.45) is 5.73 Å². The Morgan fingerprint density at radius 3 is 2.60 bits per heavy atom. The second kappa shape index (κ2) is 5.10. The summed E-state index contributed by atoms with van der Waals surface area (Å²) in [5.41, 5.74) is 6.36. The maximum absolute atomic E-state index is 11.2. The number of nitrogens with two attached hydrogens (primary N) is 1. The quantitative estimate of drug-likeness (QED) is 0.637. The highest BCUT2D eigenvalue weighted by Crippen LogP contribution is 2.08. The van der Waals surface area contributed by atoms with E-state index in [2.05, 4.69) is 5.32 Å². The van der Waals surface area contributed by atoms with Gasteiger partial charge in [-0.3, -0.25) is 4.79 Å². The number of amides is 1. The van der Waals surface area contributed by atoms with Crippen LogP contribution in [0.5, 0.6) is 0 Å². The summed E-state index contributed by atoms with van der Waals surface area (Å²) in [7, 11) is 0. The lowest BCUT2D eigenvalue weighted by Gasteiger charge is -2.09. The third-order valence-corrected chi connectivity index (χ3v) is 1.82. The summed E-state index contributed by atoms with van der Waals surface area (Å²) < 4.78 is 0. The number of carbonyl (C=O) groups is 1. The van der Waals surface area contributed by atoms with Gasteiger partial charge in [0, 0.05) is 5.69 Å². The molecule has 1 aromatic carbocycles. The molecule has 0 saturated carbocycles. The van der Waals surface area contributed by atoms with Crippen molar-refractivity contribution in [3.63, 3.8) is 0 Å². The fourth-order valence-electron chi connectivity index (χ4n) is 0.946. The SMILES string of the molecule is N#Cc1ccc(NC(=O)C(N)CO)cc1. The van der Waals surface area contributed by atoms with E-state index in [-0.39, 0.29) is 0 Å². The van der Waals surface area contributed by atoms with E-state index >= 15 is 0 Å². The first-order valence-corrected chi connectivity index (χ1v) is 4.35. The van der Waals surface area contributed by atoms with Gasteiger partial charge in [-0.2, -0.15) is 5.26 Å². The number of hydrogen-bond acceptors (Lipinski definition) is 4. The monoisotopic (exact) mass is 205 g/mol. The van der Waals surface area contributed by atoms with Crippen LogP contribution in [-0.4, -0.2) is 23.7 Å². The minimum Gasteiger partial charge on any atom is -0.394 e. The van der Waals surface area contributed by atoms with Gasteiger partial charge >= 0.3 is 0 Å². The van der Waals surface area contributed by atoms with Gasteiger partial charge in [-0.25, -0.2) is 0 Å². The Balaban J connectivity index is 2.66. The lowest BCUT2D eigenvalue weighted by Crippen LogP contribution is -2.38. The molecular weight excluding hydrogens is 194 g/mol. The third-order valence-electron chi connectivity index (χ3n) is 1.82. The van der Waals surface area contributed by atoms with E-state index in [9.17, 15) is 4.79 Å². The van der Waals surface area contributed by atoms with Crippen molar-refractivity contribution in [1.82, 2.24) is 0 Å². The highest BCUT2D eigenvalue weighted by Gasteiger charge is 2.11. The van der Waals surface area contributed by atoms with Gasteiger partial charge in [0.05, 0.1) is 18.2 Å². The van der Waals surface area contributed by atoms with Gasteiger partial charge in [-0.05, 0) is 24.3 Å². The summed E-state index contributed by atoms with van der Waals surface area (Å²) in [5, 5.41) is 19.7. The average molecular weight is 205 g/mol. The predicted molar refractivity (Wildman–Crippen MR) is 54.8 cm³/mol. The van der Waals surface area contributed by atoms with Crippen LogP contribution in [0.2, 0.25) is 0 Å². The van der Waals surface area contributed by atoms with E-state index in [1.54, 1.807) is 24.3 Å². The highest BCUT2D eigenvalue weighted by atomic mass is 16.3. The van der Waals surface area contributed by atoms with Crippen molar-refractivity contribution in [2.75, 3.05) is 11.9 Å². The molecule has 5 nitrogen and oxygen atoms in total. The van der Waals surface area contributed by atoms with Crippen molar-refractivity contribution < 1.29 is 9.90 Å². The molecule has 0 saturated heterocycles. The largest absolute Gasteiger partial charge is 0.394 e.